The summed E-state index contributed by atoms with van der Waals surface area (Å²) in [6.45, 7) is 3.36. The molecule has 94 valence electrons. The van der Waals surface area contributed by atoms with Crippen molar-refractivity contribution in [2.45, 2.75) is 32.2 Å². The summed E-state index contributed by atoms with van der Waals surface area (Å²) in [6.07, 6.45) is 3.23. The highest BCUT2D eigenvalue weighted by molar-refractivity contribution is 5.79. The van der Waals surface area contributed by atoms with Crippen LogP contribution in [0.15, 0.2) is 0 Å². The third-order valence-corrected chi connectivity index (χ3v) is 3.56. The Morgan fingerprint density at radius 2 is 2.19 bits per heavy atom. The molecule has 4 heteroatoms. The average Bonchev–Trinajstić information content (AvgIpc) is 2.25. The van der Waals surface area contributed by atoms with E-state index in [0.29, 0.717) is 19.1 Å². The van der Waals surface area contributed by atoms with Gasteiger partial charge in [0, 0.05) is 26.7 Å². The minimum Gasteiger partial charge on any atom is -0.383 e. The standard InChI is InChI=1S/C12H24N2O2/c1-9-5-4-6-10(13)11(9)12(15)14(2)7-8-16-3/h9-11H,4-8,13H2,1-3H3. The van der Waals surface area contributed by atoms with E-state index < -0.39 is 0 Å². The molecular formula is C12H24N2O2. The number of hydrogen-bond acceptors (Lipinski definition) is 3. The Morgan fingerprint density at radius 3 is 2.75 bits per heavy atom. The highest BCUT2D eigenvalue weighted by Gasteiger charge is 2.35. The Kier molecular flexibility index (Phi) is 5.22. The smallest absolute Gasteiger partial charge is 0.227 e. The maximum absolute atomic E-state index is 12.2. The molecular weight excluding hydrogens is 204 g/mol. The Hall–Kier alpha value is -0.610. The van der Waals surface area contributed by atoms with Crippen molar-refractivity contribution < 1.29 is 9.53 Å². The highest BCUT2D eigenvalue weighted by Crippen LogP contribution is 2.30. The van der Waals surface area contributed by atoms with Crippen LogP contribution in [0.4, 0.5) is 0 Å². The number of hydrogen-bond donors (Lipinski definition) is 1. The van der Waals surface area contributed by atoms with Gasteiger partial charge in [-0.2, -0.15) is 0 Å². The van der Waals surface area contributed by atoms with E-state index in [4.69, 9.17) is 10.5 Å². The van der Waals surface area contributed by atoms with Crippen molar-refractivity contribution in [1.82, 2.24) is 4.90 Å². The van der Waals surface area contributed by atoms with E-state index in [1.807, 2.05) is 7.05 Å². The van der Waals surface area contributed by atoms with Gasteiger partial charge in [0.1, 0.15) is 0 Å². The zero-order valence-corrected chi connectivity index (χ0v) is 10.6. The lowest BCUT2D eigenvalue weighted by atomic mass is 9.76. The Bertz CT molecular complexity index is 223. The summed E-state index contributed by atoms with van der Waals surface area (Å²) < 4.78 is 4.98. The fourth-order valence-electron chi connectivity index (χ4n) is 2.48. The molecule has 1 amide bonds. The molecule has 1 aliphatic rings. The van der Waals surface area contributed by atoms with Crippen molar-refractivity contribution >= 4 is 5.91 Å². The van der Waals surface area contributed by atoms with E-state index in [9.17, 15) is 4.79 Å². The average molecular weight is 228 g/mol. The molecule has 3 unspecified atom stereocenters. The molecule has 0 saturated heterocycles. The van der Waals surface area contributed by atoms with Gasteiger partial charge in [-0.25, -0.2) is 0 Å². The maximum Gasteiger partial charge on any atom is 0.227 e. The minimum absolute atomic E-state index is 0.00407. The van der Waals surface area contributed by atoms with Crippen LogP contribution in [-0.4, -0.2) is 44.2 Å². The normalized spacial score (nSPS) is 30.1. The Labute approximate surface area is 98.1 Å². The highest BCUT2D eigenvalue weighted by atomic mass is 16.5. The van der Waals surface area contributed by atoms with Crippen molar-refractivity contribution in [1.29, 1.82) is 0 Å². The first kappa shape index (κ1) is 13.5. The first-order valence-electron chi connectivity index (χ1n) is 6.07. The summed E-state index contributed by atoms with van der Waals surface area (Å²) in [7, 11) is 3.47. The van der Waals surface area contributed by atoms with Crippen LogP contribution in [0.3, 0.4) is 0 Å². The third-order valence-electron chi connectivity index (χ3n) is 3.56. The molecule has 0 aliphatic heterocycles. The summed E-state index contributed by atoms with van der Waals surface area (Å²) in [4.78, 5) is 14.0. The van der Waals surface area contributed by atoms with Gasteiger partial charge >= 0.3 is 0 Å². The predicted molar refractivity (Wildman–Crippen MR) is 64.0 cm³/mol. The number of nitrogens with zero attached hydrogens (tertiary/aromatic N) is 1. The lowest BCUT2D eigenvalue weighted by Gasteiger charge is -2.35. The molecule has 0 aromatic heterocycles. The summed E-state index contributed by atoms with van der Waals surface area (Å²) in [5.74, 6) is 0.577. The molecule has 1 fully saturated rings. The number of ether oxygens (including phenoxy) is 1. The van der Waals surface area contributed by atoms with Crippen molar-refractivity contribution in [3.63, 3.8) is 0 Å². The zero-order valence-electron chi connectivity index (χ0n) is 10.6. The molecule has 3 atom stereocenters. The molecule has 0 bridgehead atoms. The van der Waals surface area contributed by atoms with Gasteiger partial charge in [-0.15, -0.1) is 0 Å². The van der Waals surface area contributed by atoms with Crippen LogP contribution in [0.1, 0.15) is 26.2 Å². The van der Waals surface area contributed by atoms with Crippen LogP contribution in [-0.2, 0) is 9.53 Å². The lowest BCUT2D eigenvalue weighted by Crippen LogP contribution is -2.48. The number of likely N-dealkylation sites (N-methyl/N-ethyl adjacent to an activating group) is 1. The number of methoxy groups -OCH3 is 1. The number of carbonyl (C=O) groups excluding carboxylic acids is 1. The molecule has 0 spiro atoms. The lowest BCUT2D eigenvalue weighted by molar-refractivity contribution is -0.138. The van der Waals surface area contributed by atoms with Gasteiger partial charge in [0.2, 0.25) is 5.91 Å². The SMILES string of the molecule is COCCN(C)C(=O)C1C(C)CCCC1N. The van der Waals surface area contributed by atoms with Gasteiger partial charge in [0.25, 0.3) is 0 Å². The van der Waals surface area contributed by atoms with E-state index in [2.05, 4.69) is 6.92 Å². The van der Waals surface area contributed by atoms with Crippen LogP contribution < -0.4 is 5.73 Å². The van der Waals surface area contributed by atoms with Crippen LogP contribution in [0.2, 0.25) is 0 Å². The fourth-order valence-corrected chi connectivity index (χ4v) is 2.48. The van der Waals surface area contributed by atoms with Crippen molar-refractivity contribution in [3.05, 3.63) is 0 Å². The molecule has 1 saturated carbocycles. The molecule has 16 heavy (non-hydrogen) atoms. The predicted octanol–water partition coefficient (Wildman–Crippen LogP) is 0.855. The molecule has 0 radical (unpaired) electrons. The second kappa shape index (κ2) is 6.21. The number of nitrogens with two attached hydrogens (primary N) is 1. The summed E-state index contributed by atoms with van der Waals surface area (Å²) in [5, 5.41) is 0. The minimum atomic E-state index is -0.00407. The largest absolute Gasteiger partial charge is 0.383 e. The quantitative estimate of drug-likeness (QED) is 0.776. The van der Waals surface area contributed by atoms with Gasteiger partial charge in [-0.05, 0) is 18.8 Å². The van der Waals surface area contributed by atoms with Crippen LogP contribution in [0.25, 0.3) is 0 Å². The summed E-state index contributed by atoms with van der Waals surface area (Å²) in [5.41, 5.74) is 6.06. The monoisotopic (exact) mass is 228 g/mol. The molecule has 2 N–H and O–H groups in total. The van der Waals surface area contributed by atoms with E-state index in [-0.39, 0.29) is 17.9 Å². The zero-order chi connectivity index (χ0) is 12.1. The van der Waals surface area contributed by atoms with Crippen molar-refractivity contribution in [3.8, 4) is 0 Å². The molecule has 0 heterocycles. The van der Waals surface area contributed by atoms with Crippen LogP contribution in [0, 0.1) is 11.8 Å². The Balaban J connectivity index is 2.56. The molecule has 0 aromatic rings. The molecule has 1 aliphatic carbocycles. The topological polar surface area (TPSA) is 55.6 Å². The van der Waals surface area contributed by atoms with Gasteiger partial charge < -0.3 is 15.4 Å². The first-order chi connectivity index (χ1) is 7.57. The van der Waals surface area contributed by atoms with E-state index in [1.165, 1.54) is 0 Å². The van der Waals surface area contributed by atoms with Crippen LogP contribution >= 0.6 is 0 Å². The molecule has 1 rings (SSSR count). The van der Waals surface area contributed by atoms with E-state index >= 15 is 0 Å². The first-order valence-corrected chi connectivity index (χ1v) is 6.07. The van der Waals surface area contributed by atoms with Gasteiger partial charge in [-0.3, -0.25) is 4.79 Å². The van der Waals surface area contributed by atoms with Gasteiger partial charge in [0.15, 0.2) is 0 Å². The number of carbonyl (C=O) groups is 1. The van der Waals surface area contributed by atoms with Crippen molar-refractivity contribution in [2.75, 3.05) is 27.3 Å². The number of amides is 1. The number of rotatable bonds is 4. The maximum atomic E-state index is 12.2. The molecule has 4 nitrogen and oxygen atoms in total. The second-order valence-corrected chi connectivity index (χ2v) is 4.85. The second-order valence-electron chi connectivity index (χ2n) is 4.85. The van der Waals surface area contributed by atoms with E-state index in [0.717, 1.165) is 19.3 Å². The fraction of sp³-hybridized carbons (Fsp3) is 0.917. The third kappa shape index (κ3) is 3.19. The molecule has 0 aromatic carbocycles. The Morgan fingerprint density at radius 1 is 1.50 bits per heavy atom. The van der Waals surface area contributed by atoms with E-state index in [1.54, 1.807) is 12.0 Å². The summed E-state index contributed by atoms with van der Waals surface area (Å²) >= 11 is 0. The summed E-state index contributed by atoms with van der Waals surface area (Å²) in [6, 6.07) is 0.0289. The van der Waals surface area contributed by atoms with Gasteiger partial charge in [-0.1, -0.05) is 13.3 Å². The van der Waals surface area contributed by atoms with Gasteiger partial charge in [0.05, 0.1) is 12.5 Å². The van der Waals surface area contributed by atoms with Crippen LogP contribution in [0.5, 0.6) is 0 Å². The van der Waals surface area contributed by atoms with Crippen molar-refractivity contribution in [2.24, 2.45) is 17.6 Å².